The number of hydrogen-bond acceptors (Lipinski definition) is 4. The molecule has 0 aliphatic carbocycles. The average Bonchev–Trinajstić information content (AvgIpc) is 1.84. The molecular formula is C4H6CeLaO6. The van der Waals surface area contributed by atoms with E-state index in [1.54, 1.807) is 0 Å². The first-order chi connectivity index (χ1) is 4.46. The van der Waals surface area contributed by atoms with E-state index in [9.17, 15) is 9.59 Å². The van der Waals surface area contributed by atoms with Crippen LogP contribution < -0.4 is 0 Å². The molecule has 6 nitrogen and oxygen atoms in total. The van der Waals surface area contributed by atoms with E-state index in [0.717, 1.165) is 0 Å². The van der Waals surface area contributed by atoms with Crippen LogP contribution in [0.4, 0.5) is 0 Å². The quantitative estimate of drug-likeness (QED) is 0.408. The first kappa shape index (κ1) is 19.1. The van der Waals surface area contributed by atoms with Gasteiger partial charge in [-0.15, -0.1) is 0 Å². The van der Waals surface area contributed by atoms with Gasteiger partial charge in [-0.25, -0.2) is 9.59 Å². The van der Waals surface area contributed by atoms with Crippen LogP contribution in [0.5, 0.6) is 0 Å². The minimum atomic E-state index is -2.27. The van der Waals surface area contributed by atoms with E-state index < -0.39 is 24.1 Å². The maximum atomic E-state index is 9.77. The molecule has 65 valence electrons. The summed E-state index contributed by atoms with van der Waals surface area (Å²) < 4.78 is 0. The Morgan fingerprint density at radius 2 is 1.08 bits per heavy atom. The number of aliphatic hydroxyl groups excluding tert-OH is 2. The normalized spacial score (nSPS) is 13.2. The molecular weight excluding hydrogens is 423 g/mol. The Bertz CT molecular complexity index is 144. The number of hydrogen-bond donors (Lipinski definition) is 4. The second-order valence-electron chi connectivity index (χ2n) is 1.57. The van der Waals surface area contributed by atoms with E-state index in [0.29, 0.717) is 0 Å². The number of aliphatic carboxylic acids is 2. The van der Waals surface area contributed by atoms with E-state index in [1.807, 2.05) is 0 Å². The smallest absolute Gasteiger partial charge is 0.335 e. The minimum absolute atomic E-state index is 0. The molecule has 0 aromatic rings. The first-order valence-electron chi connectivity index (χ1n) is 2.28. The van der Waals surface area contributed by atoms with Crippen molar-refractivity contribution < 1.29 is 107 Å². The van der Waals surface area contributed by atoms with Crippen LogP contribution in [0.15, 0.2) is 0 Å². The standard InChI is InChI=1S/C4H6O6.Ce.La/c5-1(3(7)8)2(6)4(9)10;;/h1-2,5-6H,(H,7,8)(H,9,10);;. The first-order valence-corrected chi connectivity index (χ1v) is 2.28. The van der Waals surface area contributed by atoms with E-state index in [4.69, 9.17) is 20.4 Å². The summed E-state index contributed by atoms with van der Waals surface area (Å²) in [5.74, 6) is -3.54. The second kappa shape index (κ2) is 9.00. The van der Waals surface area contributed by atoms with Gasteiger partial charge in [0.1, 0.15) is 0 Å². The maximum Gasteiger partial charge on any atom is 0.335 e. The molecule has 4 N–H and O–H groups in total. The Morgan fingerprint density at radius 3 is 1.17 bits per heavy atom. The minimum Gasteiger partial charge on any atom is -0.479 e. The van der Waals surface area contributed by atoms with E-state index in [-0.39, 0.29) is 77.3 Å². The fourth-order valence-corrected chi connectivity index (χ4v) is 0.270. The van der Waals surface area contributed by atoms with Crippen LogP contribution in [0.25, 0.3) is 0 Å². The van der Waals surface area contributed by atoms with Crippen LogP contribution in [0, 0.1) is 77.3 Å². The van der Waals surface area contributed by atoms with Gasteiger partial charge in [0.05, 0.1) is 0 Å². The topological polar surface area (TPSA) is 115 Å². The van der Waals surface area contributed by atoms with Gasteiger partial charge in [-0.3, -0.25) is 0 Å². The summed E-state index contributed by atoms with van der Waals surface area (Å²) in [6, 6.07) is 0. The van der Waals surface area contributed by atoms with E-state index >= 15 is 0 Å². The number of aliphatic hydroxyl groups is 2. The van der Waals surface area contributed by atoms with Crippen molar-refractivity contribution in [3.8, 4) is 0 Å². The molecule has 0 heterocycles. The van der Waals surface area contributed by atoms with Gasteiger partial charge in [0.15, 0.2) is 12.2 Å². The third-order valence-electron chi connectivity index (χ3n) is 0.805. The summed E-state index contributed by atoms with van der Waals surface area (Å²) in [6.45, 7) is 0. The van der Waals surface area contributed by atoms with Gasteiger partial charge in [-0.05, 0) is 0 Å². The van der Waals surface area contributed by atoms with Crippen molar-refractivity contribution in [1.29, 1.82) is 0 Å². The number of carboxylic acid groups (broad SMARTS) is 2. The van der Waals surface area contributed by atoms with Gasteiger partial charge in [0, 0.05) is 77.3 Å². The fraction of sp³-hybridized carbons (Fsp3) is 0.500. The molecule has 0 saturated heterocycles. The molecule has 0 amide bonds. The van der Waals surface area contributed by atoms with E-state index in [1.165, 1.54) is 0 Å². The van der Waals surface area contributed by atoms with E-state index in [2.05, 4.69) is 0 Å². The molecule has 0 saturated carbocycles. The predicted molar refractivity (Wildman–Crippen MR) is 27.3 cm³/mol. The summed E-state index contributed by atoms with van der Waals surface area (Å²) in [4.78, 5) is 19.5. The number of carboxylic acids is 2. The summed E-state index contributed by atoms with van der Waals surface area (Å²) in [7, 11) is 0. The van der Waals surface area contributed by atoms with Crippen molar-refractivity contribution >= 4 is 11.9 Å². The van der Waals surface area contributed by atoms with Gasteiger partial charge in [-0.1, -0.05) is 0 Å². The summed E-state index contributed by atoms with van der Waals surface area (Å²) >= 11 is 0. The third kappa shape index (κ3) is 6.90. The summed E-state index contributed by atoms with van der Waals surface area (Å²) in [6.07, 6.45) is -4.53. The molecule has 0 bridgehead atoms. The Hall–Kier alpha value is 1.43. The largest absolute Gasteiger partial charge is 0.479 e. The molecule has 2 atom stereocenters. The Kier molecular flexibility index (Phi) is 14.3. The molecule has 0 aliphatic heterocycles. The Labute approximate surface area is 129 Å². The SMILES string of the molecule is O=C(O)C(O)C(O)C(=O)O.[Ce].[La]. The van der Waals surface area contributed by atoms with Crippen molar-refractivity contribution in [2.75, 3.05) is 0 Å². The number of carbonyl (C=O) groups is 2. The zero-order chi connectivity index (χ0) is 8.31. The monoisotopic (exact) mass is 429 g/mol. The molecule has 0 fully saturated rings. The maximum absolute atomic E-state index is 9.77. The number of rotatable bonds is 3. The molecule has 2 unspecified atom stereocenters. The van der Waals surface area contributed by atoms with Gasteiger partial charge >= 0.3 is 11.9 Å². The van der Waals surface area contributed by atoms with Gasteiger partial charge in [-0.2, -0.15) is 0 Å². The van der Waals surface area contributed by atoms with Crippen molar-refractivity contribution in [3.05, 3.63) is 0 Å². The zero-order valence-electron chi connectivity index (χ0n) is 5.84. The van der Waals surface area contributed by atoms with Crippen LogP contribution in [-0.4, -0.2) is 44.6 Å². The zero-order valence-corrected chi connectivity index (χ0v) is 12.6. The average molecular weight is 429 g/mol. The molecule has 0 aromatic carbocycles. The summed E-state index contributed by atoms with van der Waals surface area (Å²) in [5.41, 5.74) is 0. The molecule has 8 heteroatoms. The van der Waals surface area contributed by atoms with Crippen LogP contribution in [0.1, 0.15) is 0 Å². The molecule has 12 heavy (non-hydrogen) atoms. The third-order valence-corrected chi connectivity index (χ3v) is 0.805. The van der Waals surface area contributed by atoms with Crippen molar-refractivity contribution in [3.63, 3.8) is 0 Å². The fourth-order valence-electron chi connectivity index (χ4n) is 0.270. The molecule has 0 aliphatic rings. The van der Waals surface area contributed by atoms with Gasteiger partial charge < -0.3 is 20.4 Å². The molecule has 1 radical (unpaired) electrons. The molecule has 0 aromatic heterocycles. The molecule has 0 rings (SSSR count). The Balaban J connectivity index is -0.000000405. The molecule has 0 spiro atoms. The summed E-state index contributed by atoms with van der Waals surface area (Å²) in [5, 5.41) is 32.5. The van der Waals surface area contributed by atoms with Gasteiger partial charge in [0.2, 0.25) is 0 Å². The van der Waals surface area contributed by atoms with Gasteiger partial charge in [0.25, 0.3) is 0 Å². The van der Waals surface area contributed by atoms with Crippen LogP contribution in [-0.2, 0) is 9.59 Å². The van der Waals surface area contributed by atoms with Crippen LogP contribution >= 0.6 is 0 Å². The second-order valence-corrected chi connectivity index (χ2v) is 1.57. The van der Waals surface area contributed by atoms with Crippen LogP contribution in [0.3, 0.4) is 0 Å². The van der Waals surface area contributed by atoms with Crippen molar-refractivity contribution in [2.45, 2.75) is 12.2 Å². The van der Waals surface area contributed by atoms with Crippen molar-refractivity contribution in [2.24, 2.45) is 0 Å². The Morgan fingerprint density at radius 1 is 0.917 bits per heavy atom. The predicted octanol–water partition coefficient (Wildman–Crippen LogP) is -2.12. The van der Waals surface area contributed by atoms with Crippen LogP contribution in [0.2, 0.25) is 0 Å². The van der Waals surface area contributed by atoms with Crippen molar-refractivity contribution in [1.82, 2.24) is 0 Å².